The van der Waals surface area contributed by atoms with Gasteiger partial charge in [0, 0.05) is 38.2 Å². The van der Waals surface area contributed by atoms with E-state index in [-0.39, 0.29) is 0 Å². The van der Waals surface area contributed by atoms with Crippen molar-refractivity contribution in [1.82, 2.24) is 9.13 Å². The Morgan fingerprint density at radius 1 is 0.371 bits per heavy atom. The lowest BCUT2D eigenvalue weighted by Crippen LogP contribution is -2.04. The second kappa shape index (κ2) is 14.6. The van der Waals surface area contributed by atoms with Crippen molar-refractivity contribution >= 4 is 55.0 Å². The number of rotatable bonds is 5. The average Bonchev–Trinajstić information content (AvgIpc) is 3.85. The molecule has 2 heterocycles. The van der Waals surface area contributed by atoms with Gasteiger partial charge >= 0.3 is 0 Å². The van der Waals surface area contributed by atoms with Crippen molar-refractivity contribution in [2.45, 2.75) is 0 Å². The third-order valence-corrected chi connectivity index (χ3v) is 11.4. The van der Waals surface area contributed by atoms with Crippen LogP contribution in [0.1, 0.15) is 22.3 Å². The van der Waals surface area contributed by atoms with Crippen LogP contribution in [-0.2, 0) is 0 Å². The maximum atomic E-state index is 11.1. The number of para-hydroxylation sites is 2. The fourth-order valence-corrected chi connectivity index (χ4v) is 8.66. The van der Waals surface area contributed by atoms with E-state index in [2.05, 4.69) is 73.4 Å². The maximum absolute atomic E-state index is 11.1. The van der Waals surface area contributed by atoms with E-state index in [9.17, 15) is 21.0 Å². The lowest BCUT2D eigenvalue weighted by Gasteiger charge is -2.19. The Morgan fingerprint density at radius 2 is 0.871 bits per heavy atom. The largest absolute Gasteiger partial charge is 0.309 e. The lowest BCUT2D eigenvalue weighted by atomic mass is 9.97. The van der Waals surface area contributed by atoms with Crippen molar-refractivity contribution in [3.63, 3.8) is 0 Å². The topological polar surface area (TPSA) is 114 Å². The molecule has 0 aliphatic carbocycles. The van der Waals surface area contributed by atoms with E-state index in [0.717, 1.165) is 82.7 Å². The minimum atomic E-state index is 0.387. The Balaban J connectivity index is 1.25. The molecule has 0 aliphatic heterocycles. The summed E-state index contributed by atoms with van der Waals surface area (Å²) in [4.78, 5) is 7.20. The first-order valence-electron chi connectivity index (χ1n) is 19.5. The predicted octanol–water partition coefficient (Wildman–Crippen LogP) is 13.5. The number of benzene rings is 8. The van der Waals surface area contributed by atoms with E-state index in [0.29, 0.717) is 39.3 Å². The van der Waals surface area contributed by atoms with Crippen molar-refractivity contribution in [2.24, 2.45) is 0 Å². The van der Waals surface area contributed by atoms with Gasteiger partial charge in [-0.05, 0) is 125 Å². The molecule has 10 aromatic rings. The molecule has 8 aromatic carbocycles. The number of fused-ring (bicyclic) bond motifs is 6. The van der Waals surface area contributed by atoms with Crippen LogP contribution in [0, 0.1) is 58.5 Å². The van der Waals surface area contributed by atoms with Crippen molar-refractivity contribution < 1.29 is 0 Å². The molecule has 282 valence electrons. The first-order valence-corrected chi connectivity index (χ1v) is 19.5. The van der Waals surface area contributed by atoms with E-state index >= 15 is 0 Å². The van der Waals surface area contributed by atoms with Gasteiger partial charge in [0.05, 0.1) is 75.9 Å². The molecule has 62 heavy (non-hydrogen) atoms. The van der Waals surface area contributed by atoms with Crippen molar-refractivity contribution in [3.8, 4) is 69.0 Å². The molecule has 0 fully saturated rings. The second-order valence-corrected chi connectivity index (χ2v) is 14.8. The maximum Gasteiger partial charge on any atom is 0.189 e. The van der Waals surface area contributed by atoms with Gasteiger partial charge in [-0.3, -0.25) is 0 Å². The molecule has 0 spiro atoms. The van der Waals surface area contributed by atoms with Crippen LogP contribution in [0.5, 0.6) is 0 Å². The highest BCUT2D eigenvalue weighted by Crippen LogP contribution is 2.43. The molecule has 8 nitrogen and oxygen atoms in total. The number of hydrogen-bond donors (Lipinski definition) is 0. The van der Waals surface area contributed by atoms with Gasteiger partial charge in [-0.1, -0.05) is 60.7 Å². The molecule has 2 aromatic heterocycles. The summed E-state index contributed by atoms with van der Waals surface area (Å²) < 4.78 is 4.27. The molecule has 0 N–H and O–H groups in total. The summed E-state index contributed by atoms with van der Waals surface area (Å²) in [6, 6.07) is 59.3. The summed E-state index contributed by atoms with van der Waals surface area (Å²) in [5.41, 5.74) is 12.3. The second-order valence-electron chi connectivity index (χ2n) is 14.8. The molecule has 0 aliphatic rings. The van der Waals surface area contributed by atoms with Crippen LogP contribution in [0.4, 0.5) is 11.4 Å². The standard InChI is InChI=1S/C54H26N8/c1-59-42-21-34(30-56)19-39(23-42)36-14-16-51-47(25-36)44-10-3-5-12-49(44)61(51)53-28-46(38-9-7-8-33(18-38)29-55)54(27-41(53)32-58)62-50-13-6-4-11-45(50)48-26-37(15-17-52(48)62)40-20-35(31-57)22-43(24-40)60-2/h3-28H. The third-order valence-electron chi connectivity index (χ3n) is 11.4. The van der Waals surface area contributed by atoms with E-state index in [1.54, 1.807) is 42.5 Å². The molecular weight excluding hydrogens is 761 g/mol. The van der Waals surface area contributed by atoms with Crippen molar-refractivity contribution in [2.75, 3.05) is 0 Å². The van der Waals surface area contributed by atoms with Gasteiger partial charge in [0.1, 0.15) is 6.07 Å². The Bertz CT molecular complexity index is 3770. The van der Waals surface area contributed by atoms with Crippen LogP contribution in [0.15, 0.2) is 158 Å². The smallest absolute Gasteiger partial charge is 0.189 e. The Hall–Kier alpha value is -9.70. The van der Waals surface area contributed by atoms with Crippen LogP contribution < -0.4 is 0 Å². The highest BCUT2D eigenvalue weighted by atomic mass is 15.0. The third kappa shape index (κ3) is 5.87. The highest BCUT2D eigenvalue weighted by molar-refractivity contribution is 6.12. The Morgan fingerprint density at radius 3 is 1.39 bits per heavy atom. The minimum absolute atomic E-state index is 0.387. The van der Waals surface area contributed by atoms with Crippen LogP contribution in [0.3, 0.4) is 0 Å². The van der Waals surface area contributed by atoms with Crippen molar-refractivity contribution in [3.05, 3.63) is 203 Å². The zero-order chi connectivity index (χ0) is 42.5. The quantitative estimate of drug-likeness (QED) is 0.162. The van der Waals surface area contributed by atoms with Gasteiger partial charge in [0.25, 0.3) is 0 Å². The summed E-state index contributed by atoms with van der Waals surface area (Å²) in [6.45, 7) is 15.2. The number of aromatic nitrogens is 2. The van der Waals surface area contributed by atoms with Crippen LogP contribution >= 0.6 is 0 Å². The molecule has 8 heteroatoms. The number of hydrogen-bond acceptors (Lipinski definition) is 4. The zero-order valence-corrected chi connectivity index (χ0v) is 32.6. The van der Waals surface area contributed by atoms with Gasteiger partial charge in [-0.15, -0.1) is 0 Å². The fourth-order valence-electron chi connectivity index (χ4n) is 8.66. The molecule has 0 unspecified atom stereocenters. The minimum Gasteiger partial charge on any atom is -0.309 e. The van der Waals surface area contributed by atoms with E-state index < -0.39 is 0 Å². The molecule has 10 rings (SSSR count). The van der Waals surface area contributed by atoms with Crippen LogP contribution in [0.25, 0.3) is 98.1 Å². The molecule has 0 bridgehead atoms. The monoisotopic (exact) mass is 786 g/mol. The van der Waals surface area contributed by atoms with E-state index in [1.807, 2.05) is 84.9 Å². The van der Waals surface area contributed by atoms with E-state index in [4.69, 9.17) is 13.1 Å². The number of nitriles is 4. The first-order chi connectivity index (χ1) is 30.4. The summed E-state index contributed by atoms with van der Waals surface area (Å²) >= 11 is 0. The lowest BCUT2D eigenvalue weighted by molar-refractivity contribution is 1.14. The van der Waals surface area contributed by atoms with Gasteiger partial charge < -0.3 is 9.13 Å². The summed E-state index contributed by atoms with van der Waals surface area (Å²) in [5.74, 6) is 0. The van der Waals surface area contributed by atoms with E-state index in [1.165, 1.54) is 0 Å². The molecule has 0 radical (unpaired) electrons. The van der Waals surface area contributed by atoms with Crippen LogP contribution in [-0.4, -0.2) is 9.13 Å². The Kier molecular flexibility index (Phi) is 8.62. The molecule has 0 saturated heterocycles. The number of nitrogens with zero attached hydrogens (tertiary/aromatic N) is 8. The average molecular weight is 787 g/mol. The van der Waals surface area contributed by atoms with Gasteiger partial charge in [-0.25, -0.2) is 9.69 Å². The highest BCUT2D eigenvalue weighted by Gasteiger charge is 2.23. The van der Waals surface area contributed by atoms with Gasteiger partial charge in [0.2, 0.25) is 0 Å². The molecular formula is C54H26N8. The first kappa shape index (κ1) is 36.6. The fraction of sp³-hybridized carbons (Fsp3) is 0. The summed E-state index contributed by atoms with van der Waals surface area (Å²) in [5, 5.41) is 44.4. The molecule has 0 saturated carbocycles. The summed E-state index contributed by atoms with van der Waals surface area (Å²) in [7, 11) is 0. The molecule has 0 amide bonds. The summed E-state index contributed by atoms with van der Waals surface area (Å²) in [6.07, 6.45) is 0. The Labute approximate surface area is 355 Å². The van der Waals surface area contributed by atoms with Crippen molar-refractivity contribution in [1.29, 1.82) is 21.0 Å². The normalized spacial score (nSPS) is 10.8. The van der Waals surface area contributed by atoms with Gasteiger partial charge in [-0.2, -0.15) is 21.0 Å². The zero-order valence-electron chi connectivity index (χ0n) is 32.6. The van der Waals surface area contributed by atoms with Gasteiger partial charge in [0.15, 0.2) is 11.4 Å². The SMILES string of the molecule is [C-]#[N+]c1cc(C#N)cc(-c2ccc3c(c2)c2ccccc2n3-c2cc(-c3cccc(C#N)c3)c(-n3c4ccccc4c4cc(-c5cc(C#N)cc([N+]#[C-])c5)ccc43)cc2C#N)c1. The molecule has 0 atom stereocenters. The van der Waals surface area contributed by atoms with Crippen LogP contribution in [0.2, 0.25) is 0 Å². The predicted molar refractivity (Wildman–Crippen MR) is 243 cm³/mol.